The van der Waals surface area contributed by atoms with Crippen LogP contribution in [-0.2, 0) is 13.6 Å². The molecule has 0 fully saturated rings. The first-order chi connectivity index (χ1) is 7.61. The third kappa shape index (κ3) is 4.00. The van der Waals surface area contributed by atoms with Gasteiger partial charge in [-0.15, -0.1) is 0 Å². The molecular formula is C10H17O4PS. The molecule has 6 heteroatoms. The molecule has 0 radical (unpaired) electrons. The van der Waals surface area contributed by atoms with Gasteiger partial charge in [0, 0.05) is 0 Å². The van der Waals surface area contributed by atoms with Crippen LogP contribution in [-0.4, -0.2) is 24.5 Å². The maximum absolute atomic E-state index is 12.1. The summed E-state index contributed by atoms with van der Waals surface area (Å²) >= 11 is 1.49. The Morgan fingerprint density at radius 1 is 1.44 bits per heavy atom. The van der Waals surface area contributed by atoms with E-state index in [1.807, 2.05) is 10.8 Å². The monoisotopic (exact) mass is 264 g/mol. The van der Waals surface area contributed by atoms with Crippen molar-refractivity contribution in [2.24, 2.45) is 0 Å². The summed E-state index contributed by atoms with van der Waals surface area (Å²) in [5.74, 6) is 0. The average Bonchev–Trinajstić information content (AvgIpc) is 2.70. The lowest BCUT2D eigenvalue weighted by Gasteiger charge is -2.19. The third-order valence-corrected chi connectivity index (χ3v) is 4.77. The van der Waals surface area contributed by atoms with Gasteiger partial charge in [0.2, 0.25) is 0 Å². The van der Waals surface area contributed by atoms with Crippen molar-refractivity contribution < 1.29 is 18.7 Å². The number of hydrogen-bond acceptors (Lipinski definition) is 5. The molecule has 0 bridgehead atoms. The maximum Gasteiger partial charge on any atom is 0.333 e. The fraction of sp³-hybridized carbons (Fsp3) is 0.600. The minimum Gasteiger partial charge on any atom is -0.388 e. The Kier molecular flexibility index (Phi) is 5.66. The van der Waals surface area contributed by atoms with Gasteiger partial charge in [-0.3, -0.25) is 4.57 Å². The molecule has 0 saturated heterocycles. The molecule has 0 saturated carbocycles. The predicted molar refractivity (Wildman–Crippen MR) is 65.0 cm³/mol. The highest BCUT2D eigenvalue weighted by molar-refractivity contribution is 7.53. The maximum atomic E-state index is 12.1. The standard InChI is InChI=1S/C10H17O4PS/c1-3-13-15(12,14-4-2)7-10(11)9-5-6-16-8-9/h5-6,8,10-11H,3-4,7H2,1-2H3/t10-/m0/s1. The van der Waals surface area contributed by atoms with Gasteiger partial charge in [0.25, 0.3) is 0 Å². The number of rotatable bonds is 7. The van der Waals surface area contributed by atoms with Crippen LogP contribution < -0.4 is 0 Å². The average molecular weight is 264 g/mol. The summed E-state index contributed by atoms with van der Waals surface area (Å²) in [4.78, 5) is 0. The predicted octanol–water partition coefficient (Wildman–Crippen LogP) is 3.05. The third-order valence-electron chi connectivity index (χ3n) is 1.98. The molecule has 92 valence electrons. The van der Waals surface area contributed by atoms with E-state index in [-0.39, 0.29) is 6.16 Å². The van der Waals surface area contributed by atoms with Crippen molar-refractivity contribution in [3.05, 3.63) is 22.4 Å². The van der Waals surface area contributed by atoms with E-state index < -0.39 is 13.7 Å². The molecule has 0 aliphatic carbocycles. The van der Waals surface area contributed by atoms with Crippen LogP contribution in [0, 0.1) is 0 Å². The van der Waals surface area contributed by atoms with Gasteiger partial charge in [0.05, 0.1) is 25.5 Å². The van der Waals surface area contributed by atoms with E-state index in [4.69, 9.17) is 9.05 Å². The van der Waals surface area contributed by atoms with Crippen molar-refractivity contribution >= 4 is 18.9 Å². The van der Waals surface area contributed by atoms with Crippen LogP contribution in [0.25, 0.3) is 0 Å². The lowest BCUT2D eigenvalue weighted by atomic mass is 10.2. The Labute approximate surface area is 99.7 Å². The zero-order valence-corrected chi connectivity index (χ0v) is 11.2. The van der Waals surface area contributed by atoms with Crippen LogP contribution in [0.3, 0.4) is 0 Å². The van der Waals surface area contributed by atoms with Crippen LogP contribution >= 0.6 is 18.9 Å². The minimum atomic E-state index is -3.16. The summed E-state index contributed by atoms with van der Waals surface area (Å²) in [6.07, 6.45) is -0.791. The lowest BCUT2D eigenvalue weighted by Crippen LogP contribution is -2.08. The first-order valence-electron chi connectivity index (χ1n) is 5.19. The Bertz CT molecular complexity index is 329. The van der Waals surface area contributed by atoms with Crippen molar-refractivity contribution in [3.63, 3.8) is 0 Å². The second kappa shape index (κ2) is 6.52. The summed E-state index contributed by atoms with van der Waals surface area (Å²) < 4.78 is 22.3. The Morgan fingerprint density at radius 3 is 2.50 bits per heavy atom. The molecule has 0 aliphatic rings. The quantitative estimate of drug-likeness (QED) is 0.769. The highest BCUT2D eigenvalue weighted by atomic mass is 32.1. The molecule has 0 aliphatic heterocycles. The largest absolute Gasteiger partial charge is 0.388 e. The number of aliphatic hydroxyl groups excluding tert-OH is 1. The van der Waals surface area contributed by atoms with Gasteiger partial charge in [0.15, 0.2) is 0 Å². The van der Waals surface area contributed by atoms with Crippen LogP contribution in [0.15, 0.2) is 16.8 Å². The molecule has 1 aromatic heterocycles. The molecule has 16 heavy (non-hydrogen) atoms. The number of thiophene rings is 1. The van der Waals surface area contributed by atoms with Crippen LogP contribution in [0.2, 0.25) is 0 Å². The zero-order chi connectivity index (χ0) is 12.0. The molecular weight excluding hydrogens is 247 g/mol. The first kappa shape index (κ1) is 13.9. The molecule has 0 amide bonds. The van der Waals surface area contributed by atoms with E-state index in [0.717, 1.165) is 5.56 Å². The Morgan fingerprint density at radius 2 is 2.06 bits per heavy atom. The van der Waals surface area contributed by atoms with Gasteiger partial charge in [-0.25, -0.2) is 0 Å². The summed E-state index contributed by atoms with van der Waals surface area (Å²) in [5.41, 5.74) is 0.754. The molecule has 1 N–H and O–H groups in total. The normalized spacial score (nSPS) is 13.9. The van der Waals surface area contributed by atoms with E-state index >= 15 is 0 Å². The lowest BCUT2D eigenvalue weighted by molar-refractivity contribution is 0.171. The molecule has 1 atom stereocenters. The zero-order valence-electron chi connectivity index (χ0n) is 9.46. The summed E-state index contributed by atoms with van der Waals surface area (Å²) in [7, 11) is -3.16. The first-order valence-corrected chi connectivity index (χ1v) is 7.86. The van der Waals surface area contributed by atoms with Crippen molar-refractivity contribution in [2.45, 2.75) is 20.0 Å². The van der Waals surface area contributed by atoms with E-state index in [0.29, 0.717) is 13.2 Å². The second-order valence-electron chi connectivity index (χ2n) is 3.20. The van der Waals surface area contributed by atoms with Gasteiger partial charge in [-0.1, -0.05) is 0 Å². The molecule has 1 rings (SSSR count). The fourth-order valence-corrected chi connectivity index (χ4v) is 3.73. The Balaban J connectivity index is 2.64. The van der Waals surface area contributed by atoms with E-state index in [2.05, 4.69) is 0 Å². The van der Waals surface area contributed by atoms with Gasteiger partial charge in [-0.05, 0) is 36.2 Å². The molecule has 4 nitrogen and oxygen atoms in total. The highest BCUT2D eigenvalue weighted by Crippen LogP contribution is 2.50. The second-order valence-corrected chi connectivity index (χ2v) is 6.08. The van der Waals surface area contributed by atoms with Crippen LogP contribution in [0.1, 0.15) is 25.5 Å². The van der Waals surface area contributed by atoms with Crippen molar-refractivity contribution in [3.8, 4) is 0 Å². The fourth-order valence-electron chi connectivity index (χ4n) is 1.32. The van der Waals surface area contributed by atoms with Crippen molar-refractivity contribution in [2.75, 3.05) is 19.4 Å². The molecule has 1 aromatic rings. The van der Waals surface area contributed by atoms with E-state index in [1.54, 1.807) is 19.9 Å². The van der Waals surface area contributed by atoms with Crippen molar-refractivity contribution in [1.29, 1.82) is 0 Å². The molecule has 1 heterocycles. The summed E-state index contributed by atoms with van der Waals surface area (Å²) in [6.45, 7) is 4.13. The van der Waals surface area contributed by atoms with Crippen LogP contribution in [0.4, 0.5) is 0 Å². The van der Waals surface area contributed by atoms with Crippen LogP contribution in [0.5, 0.6) is 0 Å². The summed E-state index contributed by atoms with van der Waals surface area (Å²) in [5, 5.41) is 13.6. The highest BCUT2D eigenvalue weighted by Gasteiger charge is 2.28. The number of aliphatic hydroxyl groups is 1. The molecule has 0 aromatic carbocycles. The van der Waals surface area contributed by atoms with Gasteiger partial charge >= 0.3 is 7.60 Å². The van der Waals surface area contributed by atoms with Gasteiger partial charge in [0.1, 0.15) is 0 Å². The molecule has 0 spiro atoms. The summed E-state index contributed by atoms with van der Waals surface area (Å²) in [6, 6.07) is 1.80. The number of hydrogen-bond donors (Lipinski definition) is 1. The smallest absolute Gasteiger partial charge is 0.333 e. The Hall–Kier alpha value is -0.190. The SMILES string of the molecule is CCOP(=O)(C[C@H](O)c1ccsc1)OCC. The topological polar surface area (TPSA) is 55.8 Å². The minimum absolute atomic E-state index is 0.00537. The molecule has 0 unspecified atom stereocenters. The van der Waals surface area contributed by atoms with Crippen molar-refractivity contribution in [1.82, 2.24) is 0 Å². The van der Waals surface area contributed by atoms with Gasteiger partial charge < -0.3 is 14.2 Å². The van der Waals surface area contributed by atoms with Gasteiger partial charge in [-0.2, -0.15) is 11.3 Å². The van der Waals surface area contributed by atoms with E-state index in [1.165, 1.54) is 11.3 Å². The van der Waals surface area contributed by atoms with E-state index in [9.17, 15) is 9.67 Å².